The number of carbonyl (C=O) groups is 2. The van der Waals surface area contributed by atoms with Crippen molar-refractivity contribution in [2.24, 2.45) is 0 Å². The molecule has 0 fully saturated rings. The van der Waals surface area contributed by atoms with Crippen LogP contribution in [0.5, 0.6) is 0 Å². The summed E-state index contributed by atoms with van der Waals surface area (Å²) in [6.07, 6.45) is 0.0940. The first-order chi connectivity index (χ1) is 11.3. The summed E-state index contributed by atoms with van der Waals surface area (Å²) < 4.78 is 0. The van der Waals surface area contributed by atoms with Gasteiger partial charge in [0.05, 0.1) is 11.3 Å². The van der Waals surface area contributed by atoms with Crippen molar-refractivity contribution < 1.29 is 14.5 Å². The maximum Gasteiger partial charge on any atom is 0.289 e. The van der Waals surface area contributed by atoms with Crippen LogP contribution in [-0.4, -0.2) is 16.7 Å². The number of amides is 2. The Morgan fingerprint density at radius 2 is 1.71 bits per heavy atom. The zero-order valence-electron chi connectivity index (χ0n) is 12.7. The van der Waals surface area contributed by atoms with E-state index in [1.165, 1.54) is 25.1 Å². The first kappa shape index (κ1) is 17.4. The predicted octanol–water partition coefficient (Wildman–Crippen LogP) is 3.39. The largest absolute Gasteiger partial charge is 0.326 e. The average molecular weight is 348 g/mol. The minimum atomic E-state index is -0.612. The quantitative estimate of drug-likeness (QED) is 0.639. The van der Waals surface area contributed by atoms with Crippen molar-refractivity contribution in [1.82, 2.24) is 0 Å². The van der Waals surface area contributed by atoms with Crippen LogP contribution in [0, 0.1) is 10.1 Å². The smallest absolute Gasteiger partial charge is 0.289 e. The third kappa shape index (κ3) is 4.79. The molecule has 0 atom stereocenters. The summed E-state index contributed by atoms with van der Waals surface area (Å²) in [6.45, 7) is 1.41. The molecule has 8 heteroatoms. The SMILES string of the molecule is CC(=O)Nc1ccc(CC(=O)Nc2ccc(Cl)c([N+](=O)[O-])c2)cc1. The summed E-state index contributed by atoms with van der Waals surface area (Å²) in [6, 6.07) is 10.9. The molecule has 0 saturated carbocycles. The third-order valence-corrected chi connectivity index (χ3v) is 3.39. The highest BCUT2D eigenvalue weighted by molar-refractivity contribution is 6.32. The monoisotopic (exact) mass is 347 g/mol. The number of nitro benzene ring substituents is 1. The second kappa shape index (κ2) is 7.56. The minimum Gasteiger partial charge on any atom is -0.326 e. The van der Waals surface area contributed by atoms with Crippen LogP contribution < -0.4 is 10.6 Å². The van der Waals surface area contributed by atoms with E-state index < -0.39 is 4.92 Å². The molecule has 0 unspecified atom stereocenters. The van der Waals surface area contributed by atoms with Gasteiger partial charge in [0.2, 0.25) is 11.8 Å². The standard InChI is InChI=1S/C16H14ClN3O4/c1-10(21)18-12-4-2-11(3-5-12)8-16(22)19-13-6-7-14(17)15(9-13)20(23)24/h2-7,9H,8H2,1H3,(H,18,21)(H,19,22). The van der Waals surface area contributed by atoms with Gasteiger partial charge in [-0.2, -0.15) is 0 Å². The van der Waals surface area contributed by atoms with Gasteiger partial charge in [-0.1, -0.05) is 23.7 Å². The van der Waals surface area contributed by atoms with Crippen LogP contribution in [-0.2, 0) is 16.0 Å². The molecule has 0 aliphatic carbocycles. The van der Waals surface area contributed by atoms with Gasteiger partial charge in [-0.25, -0.2) is 0 Å². The highest BCUT2D eigenvalue weighted by atomic mass is 35.5. The Bertz CT molecular complexity index is 790. The van der Waals surface area contributed by atoms with Crippen molar-refractivity contribution in [1.29, 1.82) is 0 Å². The van der Waals surface area contributed by atoms with E-state index in [9.17, 15) is 19.7 Å². The third-order valence-electron chi connectivity index (χ3n) is 3.07. The molecule has 0 bridgehead atoms. The summed E-state index contributed by atoms with van der Waals surface area (Å²) in [5, 5.41) is 16.1. The summed E-state index contributed by atoms with van der Waals surface area (Å²) in [7, 11) is 0. The van der Waals surface area contributed by atoms with E-state index in [0.29, 0.717) is 11.4 Å². The lowest BCUT2D eigenvalue weighted by atomic mass is 10.1. The number of nitrogens with one attached hydrogen (secondary N) is 2. The molecule has 2 rings (SSSR count). The Balaban J connectivity index is 2.02. The van der Waals surface area contributed by atoms with E-state index in [-0.39, 0.29) is 28.9 Å². The molecule has 2 amide bonds. The van der Waals surface area contributed by atoms with Crippen molar-refractivity contribution in [3.63, 3.8) is 0 Å². The molecular weight excluding hydrogens is 334 g/mol. The fourth-order valence-corrected chi connectivity index (χ4v) is 2.22. The zero-order chi connectivity index (χ0) is 17.7. The first-order valence-electron chi connectivity index (χ1n) is 6.95. The van der Waals surface area contributed by atoms with Crippen LogP contribution in [0.25, 0.3) is 0 Å². The van der Waals surface area contributed by atoms with Gasteiger partial charge in [0.1, 0.15) is 5.02 Å². The van der Waals surface area contributed by atoms with Gasteiger partial charge in [-0.15, -0.1) is 0 Å². The number of hydrogen-bond donors (Lipinski definition) is 2. The van der Waals surface area contributed by atoms with E-state index in [2.05, 4.69) is 10.6 Å². The average Bonchev–Trinajstić information content (AvgIpc) is 2.50. The number of nitro groups is 1. The van der Waals surface area contributed by atoms with Gasteiger partial charge in [-0.3, -0.25) is 19.7 Å². The second-order valence-electron chi connectivity index (χ2n) is 5.03. The molecule has 0 heterocycles. The lowest BCUT2D eigenvalue weighted by Crippen LogP contribution is -2.14. The fraction of sp³-hybridized carbons (Fsp3) is 0.125. The highest BCUT2D eigenvalue weighted by Gasteiger charge is 2.14. The number of anilines is 2. The van der Waals surface area contributed by atoms with Gasteiger partial charge >= 0.3 is 0 Å². The highest BCUT2D eigenvalue weighted by Crippen LogP contribution is 2.27. The van der Waals surface area contributed by atoms with Gasteiger partial charge in [-0.05, 0) is 29.8 Å². The van der Waals surface area contributed by atoms with Crippen LogP contribution in [0.15, 0.2) is 42.5 Å². The number of carbonyl (C=O) groups excluding carboxylic acids is 2. The molecule has 0 spiro atoms. The molecule has 0 radical (unpaired) electrons. The number of benzene rings is 2. The van der Waals surface area contributed by atoms with Crippen molar-refractivity contribution in [3.8, 4) is 0 Å². The Kier molecular flexibility index (Phi) is 5.49. The van der Waals surface area contributed by atoms with Crippen LogP contribution in [0.4, 0.5) is 17.1 Å². The number of rotatable bonds is 5. The molecule has 7 nitrogen and oxygen atoms in total. The van der Waals surface area contributed by atoms with Gasteiger partial charge in [0.15, 0.2) is 0 Å². The summed E-state index contributed by atoms with van der Waals surface area (Å²) in [4.78, 5) is 33.2. The van der Waals surface area contributed by atoms with E-state index in [1.54, 1.807) is 24.3 Å². The molecule has 2 N–H and O–H groups in total. The lowest BCUT2D eigenvalue weighted by Gasteiger charge is -2.07. The number of hydrogen-bond acceptors (Lipinski definition) is 4. The predicted molar refractivity (Wildman–Crippen MR) is 91.2 cm³/mol. The Hall–Kier alpha value is -2.93. The minimum absolute atomic E-state index is 0.00607. The Morgan fingerprint density at radius 1 is 1.08 bits per heavy atom. The van der Waals surface area contributed by atoms with Gasteiger partial charge < -0.3 is 10.6 Å². The summed E-state index contributed by atoms with van der Waals surface area (Å²) in [5.41, 5.74) is 1.41. The summed E-state index contributed by atoms with van der Waals surface area (Å²) >= 11 is 5.72. The molecular formula is C16H14ClN3O4. The maximum absolute atomic E-state index is 12.0. The molecule has 24 heavy (non-hydrogen) atoms. The summed E-state index contributed by atoms with van der Waals surface area (Å²) in [5.74, 6) is -0.497. The van der Waals surface area contributed by atoms with E-state index in [1.807, 2.05) is 0 Å². The second-order valence-corrected chi connectivity index (χ2v) is 5.43. The van der Waals surface area contributed by atoms with Crippen molar-refractivity contribution >= 4 is 40.5 Å². The van der Waals surface area contributed by atoms with Gasteiger partial charge in [0, 0.05) is 24.4 Å². The van der Waals surface area contributed by atoms with E-state index in [4.69, 9.17) is 11.6 Å². The van der Waals surface area contributed by atoms with E-state index >= 15 is 0 Å². The van der Waals surface area contributed by atoms with Crippen molar-refractivity contribution in [2.75, 3.05) is 10.6 Å². The van der Waals surface area contributed by atoms with Crippen LogP contribution in [0.1, 0.15) is 12.5 Å². The topological polar surface area (TPSA) is 101 Å². The van der Waals surface area contributed by atoms with Crippen LogP contribution in [0.3, 0.4) is 0 Å². The Labute approximate surface area is 142 Å². The number of halogens is 1. The van der Waals surface area contributed by atoms with Gasteiger partial charge in [0.25, 0.3) is 5.69 Å². The molecule has 0 saturated heterocycles. The molecule has 2 aromatic rings. The molecule has 0 aliphatic heterocycles. The molecule has 124 valence electrons. The zero-order valence-corrected chi connectivity index (χ0v) is 13.5. The first-order valence-corrected chi connectivity index (χ1v) is 7.33. The van der Waals surface area contributed by atoms with Crippen molar-refractivity contribution in [3.05, 3.63) is 63.2 Å². The van der Waals surface area contributed by atoms with Crippen LogP contribution in [0.2, 0.25) is 5.02 Å². The molecule has 2 aromatic carbocycles. The van der Waals surface area contributed by atoms with E-state index in [0.717, 1.165) is 5.56 Å². The molecule has 0 aliphatic rings. The van der Waals surface area contributed by atoms with Crippen LogP contribution >= 0.6 is 11.6 Å². The van der Waals surface area contributed by atoms with Crippen molar-refractivity contribution in [2.45, 2.75) is 13.3 Å². The maximum atomic E-state index is 12.0. The Morgan fingerprint density at radius 3 is 2.29 bits per heavy atom. The normalized spacial score (nSPS) is 10.1. The molecule has 0 aromatic heterocycles. The number of nitrogens with zero attached hydrogens (tertiary/aromatic N) is 1. The lowest BCUT2D eigenvalue weighted by molar-refractivity contribution is -0.384. The fourth-order valence-electron chi connectivity index (χ4n) is 2.03.